The van der Waals surface area contributed by atoms with Crippen LogP contribution in [0.2, 0.25) is 0 Å². The van der Waals surface area contributed by atoms with Gasteiger partial charge < -0.3 is 15.1 Å². The molecule has 30 heavy (non-hydrogen) atoms. The maximum absolute atomic E-state index is 12.7. The summed E-state index contributed by atoms with van der Waals surface area (Å²) >= 11 is 3.14. The minimum atomic E-state index is -0.0397. The molecule has 2 aromatic heterocycles. The lowest BCUT2D eigenvalue weighted by atomic mass is 9.94. The first-order valence-electron chi connectivity index (χ1n) is 10.7. The number of carbonyl (C=O) groups excluding carboxylic acids is 1. The monoisotopic (exact) mass is 449 g/mol. The molecule has 4 heterocycles. The quantitative estimate of drug-likeness (QED) is 0.650. The summed E-state index contributed by atoms with van der Waals surface area (Å²) in [5, 5.41) is 7.12. The van der Waals surface area contributed by atoms with Gasteiger partial charge in [-0.1, -0.05) is 32.1 Å². The third-order valence-electron chi connectivity index (χ3n) is 5.80. The minimum Gasteiger partial charge on any atom is -0.444 e. The molecule has 0 radical (unpaired) electrons. The zero-order valence-corrected chi connectivity index (χ0v) is 19.6. The summed E-state index contributed by atoms with van der Waals surface area (Å²) in [5.74, 6) is 2.45. The number of hydrogen-bond donors (Lipinski definition) is 2. The third kappa shape index (κ3) is 5.43. The van der Waals surface area contributed by atoms with Crippen LogP contribution in [0.5, 0.6) is 0 Å². The number of piperidine rings is 1. The van der Waals surface area contributed by atoms with Crippen LogP contribution in [0, 0.1) is 5.92 Å². The summed E-state index contributed by atoms with van der Waals surface area (Å²) in [6, 6.07) is 0.649. The third-order valence-corrected chi connectivity index (χ3v) is 7.89. The van der Waals surface area contributed by atoms with Crippen molar-refractivity contribution >= 4 is 34.1 Å². The van der Waals surface area contributed by atoms with E-state index < -0.39 is 0 Å². The van der Waals surface area contributed by atoms with Gasteiger partial charge in [0.25, 0.3) is 0 Å². The van der Waals surface area contributed by atoms with Crippen LogP contribution in [0.25, 0.3) is 0 Å². The molecule has 4 rings (SSSR count). The van der Waals surface area contributed by atoms with Crippen molar-refractivity contribution in [2.24, 2.45) is 5.92 Å². The predicted octanol–water partition coefficient (Wildman–Crippen LogP) is 3.73. The van der Waals surface area contributed by atoms with Crippen molar-refractivity contribution < 1.29 is 9.21 Å². The average molecular weight is 450 g/mol. The highest BCUT2D eigenvalue weighted by atomic mass is 32.2. The number of nitrogens with one attached hydrogen (secondary N) is 2. The van der Waals surface area contributed by atoms with Gasteiger partial charge in [0.1, 0.15) is 5.76 Å². The van der Waals surface area contributed by atoms with E-state index in [2.05, 4.69) is 46.3 Å². The molecule has 2 aliphatic rings. The summed E-state index contributed by atoms with van der Waals surface area (Å²) in [7, 11) is 0. The molecule has 2 N–H and O–H groups in total. The molecule has 164 valence electrons. The van der Waals surface area contributed by atoms with Gasteiger partial charge in [0.05, 0.1) is 22.4 Å². The molecule has 0 spiro atoms. The molecule has 1 unspecified atom stereocenters. The lowest BCUT2D eigenvalue weighted by Crippen LogP contribution is -2.44. The van der Waals surface area contributed by atoms with Gasteiger partial charge in [-0.05, 0) is 38.9 Å². The van der Waals surface area contributed by atoms with Crippen molar-refractivity contribution in [3.63, 3.8) is 0 Å². The molecule has 2 aromatic rings. The fourth-order valence-corrected chi connectivity index (χ4v) is 5.65. The van der Waals surface area contributed by atoms with Crippen LogP contribution in [-0.4, -0.2) is 53.0 Å². The van der Waals surface area contributed by atoms with Crippen LogP contribution in [0.15, 0.2) is 21.0 Å². The van der Waals surface area contributed by atoms with Gasteiger partial charge in [0.15, 0.2) is 5.13 Å². The first kappa shape index (κ1) is 21.8. The normalized spacial score (nSPS) is 21.2. The van der Waals surface area contributed by atoms with Gasteiger partial charge in [0.2, 0.25) is 11.8 Å². The topological polar surface area (TPSA) is 83.3 Å². The van der Waals surface area contributed by atoms with Crippen LogP contribution in [0.3, 0.4) is 0 Å². The summed E-state index contributed by atoms with van der Waals surface area (Å²) in [4.78, 5) is 24.0. The van der Waals surface area contributed by atoms with E-state index in [1.165, 1.54) is 17.8 Å². The lowest BCUT2D eigenvalue weighted by Gasteiger charge is -2.34. The van der Waals surface area contributed by atoms with Gasteiger partial charge >= 0.3 is 0 Å². The standard InChI is InChI=1S/C21H31N5O2S2/c1-21(2,3)16-11-23-17(28-16)13-29-18-12-24-20(30-18)25-19(27)14-5-8-26(9-6-14)15-4-7-22-10-15/h11-12,14-15,22H,4-10,13H2,1-3H3,(H,24,25,27). The van der Waals surface area contributed by atoms with Crippen LogP contribution < -0.4 is 10.6 Å². The summed E-state index contributed by atoms with van der Waals surface area (Å²) in [6.07, 6.45) is 6.70. The number of likely N-dealkylation sites (tertiary alicyclic amines) is 1. The highest BCUT2D eigenvalue weighted by Gasteiger charge is 2.30. The molecule has 1 atom stereocenters. The van der Waals surface area contributed by atoms with Crippen LogP contribution >= 0.6 is 23.1 Å². The highest BCUT2D eigenvalue weighted by molar-refractivity contribution is 8.00. The fraction of sp³-hybridized carbons (Fsp3) is 0.667. The Morgan fingerprint density at radius 2 is 2.10 bits per heavy atom. The van der Waals surface area contributed by atoms with Crippen LogP contribution in [0.4, 0.5) is 5.13 Å². The van der Waals surface area contributed by atoms with Gasteiger partial charge in [-0.15, -0.1) is 11.8 Å². The van der Waals surface area contributed by atoms with Gasteiger partial charge in [-0.25, -0.2) is 9.97 Å². The van der Waals surface area contributed by atoms with Gasteiger partial charge in [0, 0.05) is 23.9 Å². The van der Waals surface area contributed by atoms with Crippen LogP contribution in [0.1, 0.15) is 51.7 Å². The molecular weight excluding hydrogens is 418 g/mol. The zero-order valence-electron chi connectivity index (χ0n) is 17.9. The van der Waals surface area contributed by atoms with E-state index in [1.807, 2.05) is 12.4 Å². The Kier molecular flexibility index (Phi) is 6.81. The Morgan fingerprint density at radius 1 is 1.30 bits per heavy atom. The number of thioether (sulfide) groups is 1. The largest absolute Gasteiger partial charge is 0.444 e. The number of rotatable bonds is 6. The SMILES string of the molecule is CC(C)(C)c1cnc(CSc2cnc(NC(=O)C3CCN(C4CCNC4)CC3)s2)o1. The number of aromatic nitrogens is 2. The minimum absolute atomic E-state index is 0.0397. The first-order chi connectivity index (χ1) is 14.4. The van der Waals surface area contributed by atoms with Crippen molar-refractivity contribution in [1.82, 2.24) is 20.2 Å². The van der Waals surface area contributed by atoms with Crippen molar-refractivity contribution in [2.75, 3.05) is 31.5 Å². The van der Waals surface area contributed by atoms with E-state index in [4.69, 9.17) is 4.42 Å². The Hall–Kier alpha value is -1.42. The van der Waals surface area contributed by atoms with E-state index in [0.29, 0.717) is 22.8 Å². The highest BCUT2D eigenvalue weighted by Crippen LogP contribution is 2.32. The van der Waals surface area contributed by atoms with Crippen LogP contribution in [-0.2, 0) is 16.0 Å². The second-order valence-electron chi connectivity index (χ2n) is 9.09. The molecule has 0 bridgehead atoms. The maximum atomic E-state index is 12.7. The molecule has 2 aliphatic heterocycles. The molecule has 2 saturated heterocycles. The molecule has 1 amide bonds. The Balaban J connectivity index is 1.23. The molecular formula is C21H31N5O2S2. The zero-order chi connectivity index (χ0) is 21.1. The summed E-state index contributed by atoms with van der Waals surface area (Å²) in [6.45, 7) is 10.5. The van der Waals surface area contributed by atoms with Crippen molar-refractivity contribution in [3.05, 3.63) is 24.0 Å². The lowest BCUT2D eigenvalue weighted by molar-refractivity contribution is -0.121. The number of thiazole rings is 1. The van der Waals surface area contributed by atoms with Gasteiger partial charge in [-0.2, -0.15) is 0 Å². The smallest absolute Gasteiger partial charge is 0.229 e. The number of anilines is 1. The molecule has 7 nitrogen and oxygen atoms in total. The Labute approximate surface area is 186 Å². The summed E-state index contributed by atoms with van der Waals surface area (Å²) < 4.78 is 6.89. The summed E-state index contributed by atoms with van der Waals surface area (Å²) in [5.41, 5.74) is -0.0397. The van der Waals surface area contributed by atoms with E-state index in [0.717, 1.165) is 49.0 Å². The Morgan fingerprint density at radius 3 is 2.77 bits per heavy atom. The number of carbonyl (C=O) groups is 1. The molecule has 2 fully saturated rings. The molecule has 0 saturated carbocycles. The van der Waals surface area contributed by atoms with E-state index >= 15 is 0 Å². The van der Waals surface area contributed by atoms with Gasteiger partial charge in [-0.3, -0.25) is 9.69 Å². The maximum Gasteiger partial charge on any atom is 0.229 e. The van der Waals surface area contributed by atoms with E-state index in [1.54, 1.807) is 11.8 Å². The first-order valence-corrected chi connectivity index (χ1v) is 12.5. The number of nitrogens with zero attached hydrogens (tertiary/aromatic N) is 3. The Bertz CT molecular complexity index is 846. The van der Waals surface area contributed by atoms with Crippen molar-refractivity contribution in [3.8, 4) is 0 Å². The fourth-order valence-electron chi connectivity index (χ4n) is 3.93. The van der Waals surface area contributed by atoms with E-state index in [9.17, 15) is 4.79 Å². The second-order valence-corrected chi connectivity index (χ2v) is 11.4. The molecule has 0 aromatic carbocycles. The molecule has 0 aliphatic carbocycles. The number of hydrogen-bond acceptors (Lipinski definition) is 8. The second kappa shape index (κ2) is 9.38. The number of amides is 1. The van der Waals surface area contributed by atoms with Crippen molar-refractivity contribution in [1.29, 1.82) is 0 Å². The average Bonchev–Trinajstić information content (AvgIpc) is 3.47. The van der Waals surface area contributed by atoms with E-state index in [-0.39, 0.29) is 17.2 Å². The number of oxazole rings is 1. The molecule has 9 heteroatoms. The van der Waals surface area contributed by atoms with Crippen molar-refractivity contribution in [2.45, 2.75) is 61.5 Å². The predicted molar refractivity (Wildman–Crippen MR) is 121 cm³/mol.